The standard InChI is InChI=1S/C26H28N2O4S2/c1-2-32-23-16-15-21(19-24(23)34(30,31)28-17-9-10-18-28)27-26(29)25(20-11-5-3-6-12-20)33-22-13-7-4-8-14-22/h3-8,11-16,19,25H,2,9-10,17-18H2,1H3,(H,27,29)/t25-/m0/s1. The van der Waals surface area contributed by atoms with Gasteiger partial charge < -0.3 is 10.1 Å². The molecule has 34 heavy (non-hydrogen) atoms. The van der Waals surface area contributed by atoms with Crippen LogP contribution in [0, 0.1) is 0 Å². The highest BCUT2D eigenvalue weighted by Crippen LogP contribution is 2.37. The molecular weight excluding hydrogens is 468 g/mol. The first kappa shape index (κ1) is 24.3. The third-order valence-corrected chi connectivity index (χ3v) is 8.72. The normalized spacial score (nSPS) is 15.1. The Morgan fingerprint density at radius 3 is 2.29 bits per heavy atom. The maximum atomic E-state index is 13.4. The van der Waals surface area contributed by atoms with Crippen LogP contribution in [0.25, 0.3) is 0 Å². The van der Waals surface area contributed by atoms with Gasteiger partial charge in [-0.05, 0) is 55.7 Å². The second kappa shape index (κ2) is 11.1. The molecule has 0 aliphatic carbocycles. The summed E-state index contributed by atoms with van der Waals surface area (Å²) in [6, 6.07) is 24.1. The van der Waals surface area contributed by atoms with Crippen molar-refractivity contribution in [2.45, 2.75) is 34.8 Å². The van der Waals surface area contributed by atoms with Gasteiger partial charge in [-0.1, -0.05) is 48.5 Å². The lowest BCUT2D eigenvalue weighted by atomic mass is 10.1. The van der Waals surface area contributed by atoms with E-state index < -0.39 is 15.3 Å². The fraction of sp³-hybridized carbons (Fsp3) is 0.269. The van der Waals surface area contributed by atoms with Crippen LogP contribution in [0.1, 0.15) is 30.6 Å². The zero-order valence-electron chi connectivity index (χ0n) is 19.0. The van der Waals surface area contributed by atoms with Crippen LogP contribution in [0.2, 0.25) is 0 Å². The molecule has 0 unspecified atom stereocenters. The summed E-state index contributed by atoms with van der Waals surface area (Å²) in [7, 11) is -3.72. The predicted molar refractivity (Wildman–Crippen MR) is 136 cm³/mol. The second-order valence-electron chi connectivity index (χ2n) is 7.92. The summed E-state index contributed by atoms with van der Waals surface area (Å²) in [4.78, 5) is 14.5. The van der Waals surface area contributed by atoms with E-state index in [0.29, 0.717) is 31.1 Å². The van der Waals surface area contributed by atoms with E-state index in [4.69, 9.17) is 4.74 Å². The fourth-order valence-corrected chi connectivity index (χ4v) is 6.59. The van der Waals surface area contributed by atoms with E-state index >= 15 is 0 Å². The van der Waals surface area contributed by atoms with Gasteiger partial charge in [0.1, 0.15) is 15.9 Å². The van der Waals surface area contributed by atoms with Gasteiger partial charge in [-0.15, -0.1) is 11.8 Å². The van der Waals surface area contributed by atoms with Gasteiger partial charge in [-0.2, -0.15) is 4.31 Å². The van der Waals surface area contributed by atoms with E-state index in [-0.39, 0.29) is 10.8 Å². The Morgan fingerprint density at radius 2 is 1.65 bits per heavy atom. The van der Waals surface area contributed by atoms with E-state index in [0.717, 1.165) is 23.3 Å². The van der Waals surface area contributed by atoms with Crippen LogP contribution in [-0.4, -0.2) is 38.3 Å². The number of rotatable bonds is 9. The Morgan fingerprint density at radius 1 is 1.00 bits per heavy atom. The van der Waals surface area contributed by atoms with Gasteiger partial charge in [0.2, 0.25) is 15.9 Å². The summed E-state index contributed by atoms with van der Waals surface area (Å²) in [5.41, 5.74) is 1.28. The van der Waals surface area contributed by atoms with Gasteiger partial charge in [0, 0.05) is 23.7 Å². The number of nitrogens with one attached hydrogen (secondary N) is 1. The molecule has 1 N–H and O–H groups in total. The first-order chi connectivity index (χ1) is 16.5. The van der Waals surface area contributed by atoms with Crippen molar-refractivity contribution < 1.29 is 17.9 Å². The largest absolute Gasteiger partial charge is 0.492 e. The minimum absolute atomic E-state index is 0.0843. The van der Waals surface area contributed by atoms with Crippen LogP contribution in [0.4, 0.5) is 5.69 Å². The number of nitrogens with zero attached hydrogens (tertiary/aromatic N) is 1. The number of carbonyl (C=O) groups excluding carboxylic acids is 1. The van der Waals surface area contributed by atoms with Crippen molar-refractivity contribution in [3.05, 3.63) is 84.4 Å². The summed E-state index contributed by atoms with van der Waals surface area (Å²) in [5.74, 6) is 0.0689. The average molecular weight is 497 g/mol. The van der Waals surface area contributed by atoms with Crippen LogP contribution in [0.5, 0.6) is 5.75 Å². The maximum Gasteiger partial charge on any atom is 0.246 e. The van der Waals surface area contributed by atoms with Gasteiger partial charge in [0.15, 0.2) is 0 Å². The molecule has 0 aromatic heterocycles. The van der Waals surface area contributed by atoms with Gasteiger partial charge in [-0.25, -0.2) is 8.42 Å². The van der Waals surface area contributed by atoms with Crippen molar-refractivity contribution >= 4 is 33.4 Å². The lowest BCUT2D eigenvalue weighted by Crippen LogP contribution is -2.28. The maximum absolute atomic E-state index is 13.4. The van der Waals surface area contributed by atoms with Crippen molar-refractivity contribution in [2.24, 2.45) is 0 Å². The smallest absolute Gasteiger partial charge is 0.246 e. The summed E-state index contributed by atoms with van der Waals surface area (Å²) in [6.45, 7) is 3.15. The van der Waals surface area contributed by atoms with Crippen LogP contribution in [0.3, 0.4) is 0 Å². The summed E-state index contributed by atoms with van der Waals surface area (Å²) < 4.78 is 33.7. The lowest BCUT2D eigenvalue weighted by molar-refractivity contribution is -0.115. The van der Waals surface area contributed by atoms with E-state index in [1.807, 2.05) is 67.6 Å². The third kappa shape index (κ3) is 5.63. The van der Waals surface area contributed by atoms with E-state index in [1.54, 1.807) is 12.1 Å². The van der Waals surface area contributed by atoms with Gasteiger partial charge >= 0.3 is 0 Å². The van der Waals surface area contributed by atoms with Crippen LogP contribution in [-0.2, 0) is 14.8 Å². The quantitative estimate of drug-likeness (QED) is 0.405. The minimum atomic E-state index is -3.72. The SMILES string of the molecule is CCOc1ccc(NC(=O)[C@@H](Sc2ccccc2)c2ccccc2)cc1S(=O)(=O)N1CCCC1. The Labute approximate surface area is 205 Å². The Balaban J connectivity index is 1.63. The third-order valence-electron chi connectivity index (χ3n) is 5.53. The van der Waals surface area contributed by atoms with Gasteiger partial charge in [-0.3, -0.25) is 4.79 Å². The van der Waals surface area contributed by atoms with E-state index in [2.05, 4.69) is 5.32 Å². The molecular formula is C26H28N2O4S2. The minimum Gasteiger partial charge on any atom is -0.492 e. The zero-order valence-corrected chi connectivity index (χ0v) is 20.6. The highest BCUT2D eigenvalue weighted by Gasteiger charge is 2.31. The lowest BCUT2D eigenvalue weighted by Gasteiger charge is -2.20. The number of benzene rings is 3. The molecule has 1 heterocycles. The Hall–Kier alpha value is -2.81. The summed E-state index contributed by atoms with van der Waals surface area (Å²) in [6.07, 6.45) is 1.68. The molecule has 0 saturated carbocycles. The van der Waals surface area contributed by atoms with Crippen molar-refractivity contribution in [3.8, 4) is 5.75 Å². The number of sulfonamides is 1. The number of carbonyl (C=O) groups is 1. The average Bonchev–Trinajstić information content (AvgIpc) is 3.41. The monoisotopic (exact) mass is 496 g/mol. The summed E-state index contributed by atoms with van der Waals surface area (Å²) >= 11 is 1.45. The molecule has 178 valence electrons. The highest BCUT2D eigenvalue weighted by molar-refractivity contribution is 8.00. The van der Waals surface area contributed by atoms with Crippen molar-refractivity contribution in [3.63, 3.8) is 0 Å². The second-order valence-corrected chi connectivity index (χ2v) is 11.0. The van der Waals surface area contributed by atoms with Crippen LogP contribution < -0.4 is 10.1 Å². The number of ether oxygens (including phenoxy) is 1. The Kier molecular flexibility index (Phi) is 7.92. The molecule has 1 aliphatic rings. The molecule has 1 fully saturated rings. The molecule has 3 aromatic rings. The number of anilines is 1. The van der Waals surface area contributed by atoms with Crippen molar-refractivity contribution in [1.82, 2.24) is 4.31 Å². The van der Waals surface area contributed by atoms with Crippen molar-refractivity contribution in [1.29, 1.82) is 0 Å². The molecule has 4 rings (SSSR count). The zero-order chi connectivity index (χ0) is 24.0. The number of amides is 1. The molecule has 3 aromatic carbocycles. The molecule has 1 atom stereocenters. The molecule has 1 amide bonds. The fourth-order valence-electron chi connectivity index (χ4n) is 3.87. The topological polar surface area (TPSA) is 75.7 Å². The highest BCUT2D eigenvalue weighted by atomic mass is 32.2. The summed E-state index contributed by atoms with van der Waals surface area (Å²) in [5, 5.41) is 2.43. The van der Waals surface area contributed by atoms with E-state index in [1.165, 1.54) is 22.1 Å². The van der Waals surface area contributed by atoms with Gasteiger partial charge in [0.25, 0.3) is 0 Å². The molecule has 0 spiro atoms. The first-order valence-corrected chi connectivity index (χ1v) is 13.7. The molecule has 1 aliphatic heterocycles. The van der Waals surface area contributed by atoms with Crippen LogP contribution >= 0.6 is 11.8 Å². The molecule has 0 bridgehead atoms. The van der Waals surface area contributed by atoms with Crippen LogP contribution in [0.15, 0.2) is 88.7 Å². The molecule has 8 heteroatoms. The number of hydrogen-bond donors (Lipinski definition) is 1. The Bertz CT molecular complexity index is 1210. The molecule has 0 radical (unpaired) electrons. The molecule has 6 nitrogen and oxygen atoms in total. The van der Waals surface area contributed by atoms with Crippen molar-refractivity contribution in [2.75, 3.05) is 25.0 Å². The van der Waals surface area contributed by atoms with Gasteiger partial charge in [0.05, 0.1) is 6.61 Å². The first-order valence-electron chi connectivity index (χ1n) is 11.3. The number of hydrogen-bond acceptors (Lipinski definition) is 5. The molecule has 1 saturated heterocycles. The number of thioether (sulfide) groups is 1. The predicted octanol–water partition coefficient (Wildman–Crippen LogP) is 5.34. The van der Waals surface area contributed by atoms with E-state index in [9.17, 15) is 13.2 Å².